The molecule has 4 nitrogen and oxygen atoms in total. The molecule has 0 rings (SSSR count). The normalized spacial score (nSPS) is 13.7. The van der Waals surface area contributed by atoms with Gasteiger partial charge in [-0.25, -0.2) is 0 Å². The number of thioether (sulfide) groups is 1. The molecule has 1 amide bonds. The predicted octanol–water partition coefficient (Wildman–Crippen LogP) is 0.608. The summed E-state index contributed by atoms with van der Waals surface area (Å²) in [5.74, 6) is 0.802. The summed E-state index contributed by atoms with van der Waals surface area (Å²) in [5.41, 5.74) is 5.37. The van der Waals surface area contributed by atoms with Gasteiger partial charge in [-0.15, -0.1) is 0 Å². The van der Waals surface area contributed by atoms with Crippen molar-refractivity contribution in [2.75, 3.05) is 25.7 Å². The number of methoxy groups -OCH3 is 1. The summed E-state index contributed by atoms with van der Waals surface area (Å²) < 4.78 is 5.19. The Kier molecular flexibility index (Phi) is 6.96. The number of amides is 1. The van der Waals surface area contributed by atoms with Gasteiger partial charge in [0.2, 0.25) is 5.91 Å². The van der Waals surface area contributed by atoms with E-state index in [1.54, 1.807) is 18.9 Å². The fraction of sp³-hybridized carbons (Fsp3) is 0.900. The molecule has 0 aromatic carbocycles. The molecule has 0 aromatic heterocycles. The Balaban J connectivity index is 3.82. The van der Waals surface area contributed by atoms with Gasteiger partial charge in [0.25, 0.3) is 0 Å². The van der Waals surface area contributed by atoms with Crippen LogP contribution in [0, 0.1) is 0 Å². The minimum Gasteiger partial charge on any atom is -0.377 e. The first kappa shape index (κ1) is 14.7. The highest BCUT2D eigenvalue weighted by atomic mass is 32.2. The monoisotopic (exact) mass is 234 g/mol. The predicted molar refractivity (Wildman–Crippen MR) is 65.1 cm³/mol. The molecule has 0 unspecified atom stereocenters. The van der Waals surface area contributed by atoms with Crippen LogP contribution in [-0.2, 0) is 9.53 Å². The van der Waals surface area contributed by atoms with E-state index in [1.165, 1.54) is 0 Å². The van der Waals surface area contributed by atoms with Crippen molar-refractivity contribution in [1.29, 1.82) is 0 Å². The van der Waals surface area contributed by atoms with Gasteiger partial charge in [0.15, 0.2) is 0 Å². The fourth-order valence-electron chi connectivity index (χ4n) is 0.879. The number of nitrogens with two attached hydrogens (primary N) is 1. The second-order valence-corrected chi connectivity index (χ2v) is 5.06. The molecule has 3 N–H and O–H groups in total. The largest absolute Gasteiger partial charge is 0.377 e. The summed E-state index contributed by atoms with van der Waals surface area (Å²) in [7, 11) is 1.62. The van der Waals surface area contributed by atoms with Crippen LogP contribution in [0.4, 0.5) is 0 Å². The molecule has 0 heterocycles. The third kappa shape index (κ3) is 6.76. The average Bonchev–Trinajstić information content (AvgIpc) is 2.22. The van der Waals surface area contributed by atoms with E-state index < -0.39 is 6.04 Å². The molecule has 0 fully saturated rings. The number of carbonyl (C=O) groups is 1. The Labute approximate surface area is 96.3 Å². The van der Waals surface area contributed by atoms with E-state index in [1.807, 2.05) is 20.1 Å². The Morgan fingerprint density at radius 2 is 2.20 bits per heavy atom. The van der Waals surface area contributed by atoms with Crippen molar-refractivity contribution in [3.8, 4) is 0 Å². The van der Waals surface area contributed by atoms with Crippen LogP contribution < -0.4 is 11.1 Å². The zero-order valence-electron chi connectivity index (χ0n) is 10.0. The van der Waals surface area contributed by atoms with E-state index in [-0.39, 0.29) is 11.5 Å². The molecule has 0 aromatic rings. The van der Waals surface area contributed by atoms with Gasteiger partial charge in [-0.2, -0.15) is 11.8 Å². The smallest absolute Gasteiger partial charge is 0.237 e. The molecule has 1 atom stereocenters. The zero-order valence-corrected chi connectivity index (χ0v) is 10.8. The van der Waals surface area contributed by atoms with Gasteiger partial charge < -0.3 is 15.8 Å². The first-order valence-electron chi connectivity index (χ1n) is 5.00. The van der Waals surface area contributed by atoms with Crippen LogP contribution in [0.5, 0.6) is 0 Å². The number of hydrogen-bond donors (Lipinski definition) is 2. The first-order chi connectivity index (χ1) is 6.93. The van der Waals surface area contributed by atoms with Gasteiger partial charge in [-0.1, -0.05) is 0 Å². The van der Waals surface area contributed by atoms with Crippen LogP contribution in [0.25, 0.3) is 0 Å². The minimum atomic E-state index is -0.412. The molecule has 0 spiro atoms. The van der Waals surface area contributed by atoms with Gasteiger partial charge >= 0.3 is 0 Å². The van der Waals surface area contributed by atoms with Crippen LogP contribution in [-0.4, -0.2) is 43.2 Å². The lowest BCUT2D eigenvalue weighted by molar-refractivity contribution is -0.123. The molecular weight excluding hydrogens is 212 g/mol. The Hall–Kier alpha value is -0.260. The van der Waals surface area contributed by atoms with Gasteiger partial charge in [0, 0.05) is 13.7 Å². The first-order valence-corrected chi connectivity index (χ1v) is 6.39. The Morgan fingerprint density at radius 3 is 2.67 bits per heavy atom. The molecule has 0 bridgehead atoms. The third-order valence-corrected chi connectivity index (χ3v) is 2.85. The number of rotatable bonds is 7. The standard InChI is InChI=1S/C10H22N2O2S/c1-10(2,14-3)7-12-9(13)8(11)5-6-15-4/h8H,5-7,11H2,1-4H3,(H,12,13)/t8-/m0/s1. The fourth-order valence-corrected chi connectivity index (χ4v) is 1.37. The number of hydrogen-bond acceptors (Lipinski definition) is 4. The average molecular weight is 234 g/mol. The molecule has 0 aliphatic carbocycles. The second kappa shape index (κ2) is 7.09. The van der Waals surface area contributed by atoms with E-state index in [4.69, 9.17) is 10.5 Å². The van der Waals surface area contributed by atoms with Gasteiger partial charge in [0.1, 0.15) is 0 Å². The summed E-state index contributed by atoms with van der Waals surface area (Å²) in [4.78, 5) is 11.5. The molecule has 0 aliphatic heterocycles. The van der Waals surface area contributed by atoms with E-state index >= 15 is 0 Å². The Bertz CT molecular complexity index is 198. The maximum atomic E-state index is 11.5. The van der Waals surface area contributed by atoms with E-state index in [9.17, 15) is 4.79 Å². The Morgan fingerprint density at radius 1 is 1.60 bits per heavy atom. The molecule has 0 saturated carbocycles. The number of nitrogens with one attached hydrogen (secondary N) is 1. The van der Waals surface area contributed by atoms with Crippen molar-refractivity contribution < 1.29 is 9.53 Å². The van der Waals surface area contributed by atoms with Crippen LogP contribution in [0.1, 0.15) is 20.3 Å². The lowest BCUT2D eigenvalue weighted by atomic mass is 10.1. The summed E-state index contributed by atoms with van der Waals surface area (Å²) >= 11 is 1.69. The molecule has 0 aliphatic rings. The maximum absolute atomic E-state index is 11.5. The van der Waals surface area contributed by atoms with Crippen LogP contribution in [0.3, 0.4) is 0 Å². The molecule has 5 heteroatoms. The minimum absolute atomic E-state index is 0.103. The summed E-state index contributed by atoms with van der Waals surface area (Å²) in [6.07, 6.45) is 2.71. The van der Waals surface area contributed by atoms with Crippen molar-refractivity contribution in [2.45, 2.75) is 31.9 Å². The third-order valence-electron chi connectivity index (χ3n) is 2.21. The summed E-state index contributed by atoms with van der Waals surface area (Å²) in [5, 5.41) is 2.78. The van der Waals surface area contributed by atoms with E-state index in [2.05, 4.69) is 5.32 Å². The highest BCUT2D eigenvalue weighted by molar-refractivity contribution is 7.98. The van der Waals surface area contributed by atoms with Crippen molar-refractivity contribution in [1.82, 2.24) is 5.32 Å². The highest BCUT2D eigenvalue weighted by Gasteiger charge is 2.19. The highest BCUT2D eigenvalue weighted by Crippen LogP contribution is 2.05. The van der Waals surface area contributed by atoms with Crippen LogP contribution >= 0.6 is 11.8 Å². The molecular formula is C10H22N2O2S. The van der Waals surface area contributed by atoms with Gasteiger partial charge in [-0.3, -0.25) is 4.79 Å². The van der Waals surface area contributed by atoms with Crippen molar-refractivity contribution in [2.24, 2.45) is 5.73 Å². The van der Waals surface area contributed by atoms with Gasteiger partial charge in [0.05, 0.1) is 11.6 Å². The quantitative estimate of drug-likeness (QED) is 0.677. The summed E-state index contributed by atoms with van der Waals surface area (Å²) in [6, 6.07) is -0.412. The summed E-state index contributed by atoms with van der Waals surface area (Å²) in [6.45, 7) is 4.32. The zero-order chi connectivity index (χ0) is 11.9. The van der Waals surface area contributed by atoms with Crippen LogP contribution in [0.15, 0.2) is 0 Å². The lowest BCUT2D eigenvalue weighted by Gasteiger charge is -2.24. The molecule has 0 saturated heterocycles. The number of carbonyl (C=O) groups excluding carboxylic acids is 1. The lowest BCUT2D eigenvalue weighted by Crippen LogP contribution is -2.46. The van der Waals surface area contributed by atoms with Crippen molar-refractivity contribution >= 4 is 17.7 Å². The maximum Gasteiger partial charge on any atom is 0.237 e. The van der Waals surface area contributed by atoms with E-state index in [0.717, 1.165) is 5.75 Å². The molecule has 15 heavy (non-hydrogen) atoms. The van der Waals surface area contributed by atoms with Crippen molar-refractivity contribution in [3.63, 3.8) is 0 Å². The van der Waals surface area contributed by atoms with E-state index in [0.29, 0.717) is 13.0 Å². The molecule has 0 radical (unpaired) electrons. The van der Waals surface area contributed by atoms with Gasteiger partial charge in [-0.05, 0) is 32.3 Å². The second-order valence-electron chi connectivity index (χ2n) is 4.07. The number of ether oxygens (including phenoxy) is 1. The van der Waals surface area contributed by atoms with Crippen molar-refractivity contribution in [3.05, 3.63) is 0 Å². The molecule has 90 valence electrons. The SMILES string of the molecule is COC(C)(C)CNC(=O)[C@@H](N)CCSC. The van der Waals surface area contributed by atoms with Crippen LogP contribution in [0.2, 0.25) is 0 Å². The topological polar surface area (TPSA) is 64.3 Å².